The molecule has 0 saturated carbocycles. The van der Waals surface area contributed by atoms with E-state index in [1.165, 1.54) is 6.21 Å². The van der Waals surface area contributed by atoms with E-state index in [9.17, 15) is 5.11 Å². The van der Waals surface area contributed by atoms with Crippen molar-refractivity contribution < 1.29 is 5.11 Å². The predicted molar refractivity (Wildman–Crippen MR) is 78.9 cm³/mol. The van der Waals surface area contributed by atoms with Crippen molar-refractivity contribution in [1.29, 1.82) is 0 Å². The van der Waals surface area contributed by atoms with E-state index in [0.717, 1.165) is 7.14 Å². The number of phenolic OH excluding ortho intramolecular Hbond substituents is 1. The number of H-pyrrole nitrogens is 1. The Bertz CT molecular complexity index is 541. The molecule has 0 unspecified atom stereocenters. The van der Waals surface area contributed by atoms with Crippen molar-refractivity contribution in [3.05, 3.63) is 24.8 Å². The lowest BCUT2D eigenvalue weighted by atomic mass is 10.2. The van der Waals surface area contributed by atoms with E-state index in [1.807, 2.05) is 12.1 Å². The molecule has 88 valence electrons. The molecule has 9 heteroatoms. The van der Waals surface area contributed by atoms with Gasteiger partial charge in [0.1, 0.15) is 5.75 Å². The minimum absolute atomic E-state index is 0.199. The lowest BCUT2D eigenvalue weighted by Gasteiger charge is -2.02. The molecule has 0 aliphatic rings. The molecular formula is C8H6I2N6O. The van der Waals surface area contributed by atoms with Crippen LogP contribution < -0.4 is 5.43 Å². The Morgan fingerprint density at radius 2 is 2.24 bits per heavy atom. The zero-order valence-electron chi connectivity index (χ0n) is 8.22. The molecule has 0 saturated heterocycles. The van der Waals surface area contributed by atoms with Gasteiger partial charge in [0.2, 0.25) is 0 Å². The van der Waals surface area contributed by atoms with Gasteiger partial charge in [-0.25, -0.2) is 5.43 Å². The maximum atomic E-state index is 9.80. The lowest BCUT2D eigenvalue weighted by Crippen LogP contribution is -1.94. The molecule has 0 aliphatic heterocycles. The van der Waals surface area contributed by atoms with E-state index in [2.05, 4.69) is 76.3 Å². The molecular weight excluding hydrogens is 450 g/mol. The number of phenols is 1. The molecule has 3 N–H and O–H groups in total. The lowest BCUT2D eigenvalue weighted by molar-refractivity contribution is 0.470. The number of rotatable bonds is 3. The van der Waals surface area contributed by atoms with Gasteiger partial charge in [-0.1, -0.05) is 5.10 Å². The minimum Gasteiger partial charge on any atom is -0.506 e. The maximum Gasteiger partial charge on any atom is 0.283 e. The highest BCUT2D eigenvalue weighted by Gasteiger charge is 2.05. The van der Waals surface area contributed by atoms with Gasteiger partial charge >= 0.3 is 0 Å². The first-order chi connectivity index (χ1) is 8.16. The quantitative estimate of drug-likeness (QED) is 0.370. The summed E-state index contributed by atoms with van der Waals surface area (Å²) in [7, 11) is 0. The SMILES string of the molecule is Oc1c(I)cc(I)cc1/C=N\Nc1nn[nH]n1. The van der Waals surface area contributed by atoms with Crippen LogP contribution in [0, 0.1) is 7.14 Å². The number of halogens is 2. The summed E-state index contributed by atoms with van der Waals surface area (Å²) in [5.41, 5.74) is 3.20. The summed E-state index contributed by atoms with van der Waals surface area (Å²) >= 11 is 4.23. The first-order valence-corrected chi connectivity index (χ1v) is 6.53. The predicted octanol–water partition coefficient (Wildman–Crippen LogP) is 1.56. The average molecular weight is 456 g/mol. The fraction of sp³-hybridized carbons (Fsp3) is 0. The molecule has 0 bridgehead atoms. The molecule has 2 rings (SSSR count). The number of benzene rings is 1. The van der Waals surface area contributed by atoms with Crippen LogP contribution in [0.4, 0.5) is 5.95 Å². The number of tetrazole rings is 1. The van der Waals surface area contributed by atoms with E-state index in [0.29, 0.717) is 5.56 Å². The first-order valence-electron chi connectivity index (χ1n) is 4.37. The Balaban J connectivity index is 2.15. The smallest absolute Gasteiger partial charge is 0.283 e. The highest BCUT2D eigenvalue weighted by molar-refractivity contribution is 14.1. The number of nitrogens with zero attached hydrogens (tertiary/aromatic N) is 4. The van der Waals surface area contributed by atoms with Gasteiger partial charge in [-0.15, -0.1) is 5.10 Å². The average Bonchev–Trinajstić information content (AvgIpc) is 2.78. The van der Waals surface area contributed by atoms with Gasteiger partial charge in [0, 0.05) is 9.13 Å². The summed E-state index contributed by atoms with van der Waals surface area (Å²) in [6, 6.07) is 3.69. The molecule has 1 heterocycles. The normalized spacial score (nSPS) is 10.9. The Hall–Kier alpha value is -0.980. The second-order valence-corrected chi connectivity index (χ2v) is 5.34. The zero-order valence-corrected chi connectivity index (χ0v) is 12.5. The molecule has 0 atom stereocenters. The molecule has 1 aromatic heterocycles. The largest absolute Gasteiger partial charge is 0.506 e. The minimum atomic E-state index is 0.199. The van der Waals surface area contributed by atoms with Crippen LogP contribution in [0.15, 0.2) is 17.2 Å². The second-order valence-electron chi connectivity index (χ2n) is 2.93. The Morgan fingerprint density at radius 3 is 2.94 bits per heavy atom. The molecule has 0 amide bonds. The molecule has 1 aromatic carbocycles. The molecule has 0 fully saturated rings. The highest BCUT2D eigenvalue weighted by atomic mass is 127. The summed E-state index contributed by atoms with van der Waals surface area (Å²) in [5, 5.41) is 26.7. The number of hydrogen-bond donors (Lipinski definition) is 3. The van der Waals surface area contributed by atoms with Crippen LogP contribution in [0.25, 0.3) is 0 Å². The van der Waals surface area contributed by atoms with Crippen molar-refractivity contribution in [3.63, 3.8) is 0 Å². The number of anilines is 1. The monoisotopic (exact) mass is 456 g/mol. The van der Waals surface area contributed by atoms with Crippen molar-refractivity contribution in [2.24, 2.45) is 5.10 Å². The van der Waals surface area contributed by atoms with Crippen LogP contribution >= 0.6 is 45.2 Å². The van der Waals surface area contributed by atoms with E-state index >= 15 is 0 Å². The number of aromatic amines is 1. The molecule has 2 aromatic rings. The topological polar surface area (TPSA) is 99.1 Å². The van der Waals surface area contributed by atoms with Gasteiger partial charge in [-0.2, -0.15) is 10.3 Å². The fourth-order valence-electron chi connectivity index (χ4n) is 1.05. The molecule has 0 radical (unpaired) electrons. The van der Waals surface area contributed by atoms with Crippen molar-refractivity contribution in [2.45, 2.75) is 0 Å². The van der Waals surface area contributed by atoms with Crippen LogP contribution in [0.2, 0.25) is 0 Å². The molecule has 0 spiro atoms. The van der Waals surface area contributed by atoms with E-state index in [4.69, 9.17) is 0 Å². The van der Waals surface area contributed by atoms with E-state index in [-0.39, 0.29) is 11.7 Å². The molecule has 17 heavy (non-hydrogen) atoms. The van der Waals surface area contributed by atoms with Crippen molar-refractivity contribution >= 4 is 57.3 Å². The van der Waals surface area contributed by atoms with E-state index in [1.54, 1.807) is 0 Å². The van der Waals surface area contributed by atoms with Crippen molar-refractivity contribution in [1.82, 2.24) is 20.6 Å². The number of hydrogen-bond acceptors (Lipinski definition) is 6. The summed E-state index contributed by atoms with van der Waals surface area (Å²) < 4.78 is 1.79. The zero-order chi connectivity index (χ0) is 12.3. The number of aromatic nitrogens is 4. The van der Waals surface area contributed by atoms with Crippen LogP contribution in [0.1, 0.15) is 5.56 Å². The van der Waals surface area contributed by atoms with E-state index < -0.39 is 0 Å². The number of hydrazone groups is 1. The van der Waals surface area contributed by atoms with Gasteiger partial charge in [-0.05, 0) is 62.5 Å². The van der Waals surface area contributed by atoms with Crippen LogP contribution in [0.3, 0.4) is 0 Å². The summed E-state index contributed by atoms with van der Waals surface area (Å²) in [5.74, 6) is 0.464. The third kappa shape index (κ3) is 3.24. The third-order valence-corrected chi connectivity index (χ3v) is 3.22. The number of aromatic hydroxyl groups is 1. The molecule has 7 nitrogen and oxygen atoms in total. The highest BCUT2D eigenvalue weighted by Crippen LogP contribution is 2.25. The third-order valence-electron chi connectivity index (χ3n) is 1.77. The second kappa shape index (κ2) is 5.57. The Kier molecular flexibility index (Phi) is 4.09. The summed E-state index contributed by atoms with van der Waals surface area (Å²) in [6.07, 6.45) is 1.50. The first kappa shape index (κ1) is 12.5. The number of nitrogens with one attached hydrogen (secondary N) is 2. The standard InChI is InChI=1S/C8H6I2N6O/c9-5-1-4(7(17)6(10)2-5)3-11-12-8-13-15-16-14-8/h1-3,17H,(H2,12,13,14,15,16)/b11-3-. The summed E-state index contributed by atoms with van der Waals surface area (Å²) in [4.78, 5) is 0. The Morgan fingerprint density at radius 1 is 1.41 bits per heavy atom. The van der Waals surface area contributed by atoms with Crippen LogP contribution in [0.5, 0.6) is 5.75 Å². The van der Waals surface area contributed by atoms with Gasteiger partial charge in [0.15, 0.2) is 0 Å². The van der Waals surface area contributed by atoms with Gasteiger partial charge in [-0.3, -0.25) is 0 Å². The maximum absolute atomic E-state index is 9.80. The summed E-state index contributed by atoms with van der Waals surface area (Å²) in [6.45, 7) is 0. The van der Waals surface area contributed by atoms with Crippen molar-refractivity contribution in [3.8, 4) is 5.75 Å². The Labute approximate surface area is 123 Å². The molecule has 0 aliphatic carbocycles. The van der Waals surface area contributed by atoms with Gasteiger partial charge < -0.3 is 5.11 Å². The van der Waals surface area contributed by atoms with Crippen LogP contribution in [-0.2, 0) is 0 Å². The van der Waals surface area contributed by atoms with Crippen LogP contribution in [-0.4, -0.2) is 31.9 Å². The van der Waals surface area contributed by atoms with Gasteiger partial charge in [0.05, 0.1) is 9.78 Å². The fourth-order valence-corrected chi connectivity index (χ4v) is 2.94. The van der Waals surface area contributed by atoms with Gasteiger partial charge in [0.25, 0.3) is 5.95 Å². The van der Waals surface area contributed by atoms with Crippen molar-refractivity contribution in [2.75, 3.05) is 5.43 Å².